The van der Waals surface area contributed by atoms with E-state index < -0.39 is 11.7 Å². The second-order valence-corrected chi connectivity index (χ2v) is 7.01. The fraction of sp³-hybridized carbons (Fsp3) is 0.0400. The van der Waals surface area contributed by atoms with Crippen LogP contribution in [0.1, 0.15) is 26.3 Å². The van der Waals surface area contributed by atoms with Crippen molar-refractivity contribution < 1.29 is 14.0 Å². The lowest BCUT2D eigenvalue weighted by Gasteiger charge is -2.09. The summed E-state index contributed by atoms with van der Waals surface area (Å²) in [6, 6.07) is 22.0. The molecule has 0 atom stereocenters. The molecule has 0 bridgehead atoms. The highest BCUT2D eigenvalue weighted by Crippen LogP contribution is 2.15. The van der Waals surface area contributed by atoms with Gasteiger partial charge in [0.05, 0.1) is 5.56 Å². The summed E-state index contributed by atoms with van der Waals surface area (Å²) in [5.74, 6) is -0.654. The Morgan fingerprint density at radius 3 is 2.28 bits per heavy atom. The number of hydrogen-bond donors (Lipinski definition) is 2. The molecule has 6 nitrogen and oxygen atoms in total. The first kappa shape index (κ1) is 20.9. The summed E-state index contributed by atoms with van der Waals surface area (Å²) in [5.41, 5.74) is 2.78. The van der Waals surface area contributed by atoms with Crippen molar-refractivity contribution in [3.05, 3.63) is 114 Å². The van der Waals surface area contributed by atoms with Gasteiger partial charge in [0.2, 0.25) is 0 Å². The molecular formula is C25H19FN4O2. The van der Waals surface area contributed by atoms with Crippen LogP contribution >= 0.6 is 0 Å². The molecule has 1 aromatic heterocycles. The van der Waals surface area contributed by atoms with Gasteiger partial charge in [-0.1, -0.05) is 48.5 Å². The average Bonchev–Trinajstić information content (AvgIpc) is 2.83. The van der Waals surface area contributed by atoms with Crippen LogP contribution in [0.2, 0.25) is 0 Å². The number of carbonyl (C=O) groups excluding carboxylic acids is 2. The number of carbonyl (C=O) groups is 2. The Morgan fingerprint density at radius 2 is 1.53 bits per heavy atom. The smallest absolute Gasteiger partial charge is 0.255 e. The van der Waals surface area contributed by atoms with Crippen molar-refractivity contribution in [3.63, 3.8) is 0 Å². The minimum absolute atomic E-state index is 0.225. The fourth-order valence-corrected chi connectivity index (χ4v) is 3.06. The first-order valence-corrected chi connectivity index (χ1v) is 9.90. The zero-order valence-electron chi connectivity index (χ0n) is 17.0. The van der Waals surface area contributed by atoms with Gasteiger partial charge in [0, 0.05) is 35.8 Å². The lowest BCUT2D eigenvalue weighted by molar-refractivity contribution is 0.0949. The molecule has 0 saturated heterocycles. The van der Waals surface area contributed by atoms with Crippen molar-refractivity contribution in [2.75, 3.05) is 5.32 Å². The summed E-state index contributed by atoms with van der Waals surface area (Å²) < 4.78 is 13.3. The van der Waals surface area contributed by atoms with E-state index in [0.717, 1.165) is 11.1 Å². The molecule has 4 rings (SSSR count). The van der Waals surface area contributed by atoms with E-state index in [4.69, 9.17) is 0 Å². The normalized spacial score (nSPS) is 10.4. The third-order valence-corrected chi connectivity index (χ3v) is 4.67. The fourth-order valence-electron chi connectivity index (χ4n) is 3.06. The van der Waals surface area contributed by atoms with Crippen LogP contribution in [0.4, 0.5) is 10.1 Å². The Bertz CT molecular complexity index is 1240. The molecule has 158 valence electrons. The number of nitrogens with zero attached hydrogens (tertiary/aromatic N) is 2. The number of halogens is 1. The van der Waals surface area contributed by atoms with E-state index in [0.29, 0.717) is 17.1 Å². The van der Waals surface area contributed by atoms with Crippen molar-refractivity contribution in [1.29, 1.82) is 0 Å². The summed E-state index contributed by atoms with van der Waals surface area (Å²) in [4.78, 5) is 33.3. The predicted octanol–water partition coefficient (Wildman–Crippen LogP) is 4.47. The molecule has 7 heteroatoms. The van der Waals surface area contributed by atoms with Crippen LogP contribution in [-0.2, 0) is 6.54 Å². The Hall–Kier alpha value is -4.39. The summed E-state index contributed by atoms with van der Waals surface area (Å²) >= 11 is 0. The summed E-state index contributed by atoms with van der Waals surface area (Å²) in [7, 11) is 0. The van der Waals surface area contributed by atoms with Gasteiger partial charge in [-0.2, -0.15) is 0 Å². The SMILES string of the molecule is O=C(NCc1cccc(NC(=O)c2cccc(F)c2)c1)c1cnc(-c2ccccc2)nc1. The molecule has 0 aliphatic carbocycles. The molecule has 0 fully saturated rings. The van der Waals surface area contributed by atoms with Crippen LogP contribution in [0.15, 0.2) is 91.3 Å². The van der Waals surface area contributed by atoms with E-state index in [9.17, 15) is 14.0 Å². The van der Waals surface area contributed by atoms with Crippen LogP contribution in [0.3, 0.4) is 0 Å². The minimum atomic E-state index is -0.477. The molecule has 1 heterocycles. The zero-order valence-corrected chi connectivity index (χ0v) is 17.0. The topological polar surface area (TPSA) is 84.0 Å². The molecule has 0 spiro atoms. The molecule has 2 amide bonds. The van der Waals surface area contributed by atoms with Crippen molar-refractivity contribution >= 4 is 17.5 Å². The van der Waals surface area contributed by atoms with Gasteiger partial charge in [0.15, 0.2) is 5.82 Å². The van der Waals surface area contributed by atoms with Crippen LogP contribution in [0.5, 0.6) is 0 Å². The quantitative estimate of drug-likeness (QED) is 0.477. The standard InChI is InChI=1S/C25H19FN4O2/c26-21-10-5-9-19(13-21)25(32)30-22-11-4-6-17(12-22)14-29-24(31)20-15-27-23(28-16-20)18-7-2-1-3-8-18/h1-13,15-16H,14H2,(H,29,31)(H,30,32). The number of rotatable bonds is 6. The zero-order chi connectivity index (χ0) is 22.3. The Labute approximate surface area is 184 Å². The maximum absolute atomic E-state index is 13.3. The van der Waals surface area contributed by atoms with Gasteiger partial charge in [-0.15, -0.1) is 0 Å². The number of aromatic nitrogens is 2. The predicted molar refractivity (Wildman–Crippen MR) is 119 cm³/mol. The second-order valence-electron chi connectivity index (χ2n) is 7.01. The van der Waals surface area contributed by atoms with E-state index >= 15 is 0 Å². The van der Waals surface area contributed by atoms with Gasteiger partial charge in [0.25, 0.3) is 11.8 Å². The average molecular weight is 426 g/mol. The Kier molecular flexibility index (Phi) is 6.27. The number of benzene rings is 3. The van der Waals surface area contributed by atoms with Gasteiger partial charge >= 0.3 is 0 Å². The second kappa shape index (κ2) is 9.61. The summed E-state index contributed by atoms with van der Waals surface area (Å²) in [6.07, 6.45) is 2.97. The molecule has 0 radical (unpaired) electrons. The van der Waals surface area contributed by atoms with Gasteiger partial charge in [-0.3, -0.25) is 9.59 Å². The van der Waals surface area contributed by atoms with Crippen LogP contribution < -0.4 is 10.6 Å². The van der Waals surface area contributed by atoms with E-state index in [1.165, 1.54) is 36.7 Å². The molecule has 0 aliphatic heterocycles. The van der Waals surface area contributed by atoms with E-state index in [1.54, 1.807) is 18.2 Å². The monoisotopic (exact) mass is 426 g/mol. The third-order valence-electron chi connectivity index (χ3n) is 4.67. The van der Waals surface area contributed by atoms with E-state index in [-0.39, 0.29) is 18.0 Å². The largest absolute Gasteiger partial charge is 0.348 e. The van der Waals surface area contributed by atoms with Crippen molar-refractivity contribution in [3.8, 4) is 11.4 Å². The minimum Gasteiger partial charge on any atom is -0.348 e. The van der Waals surface area contributed by atoms with Crippen LogP contribution in [0, 0.1) is 5.82 Å². The Morgan fingerprint density at radius 1 is 0.781 bits per heavy atom. The lowest BCUT2D eigenvalue weighted by Crippen LogP contribution is -2.23. The van der Waals surface area contributed by atoms with Crippen LogP contribution in [-0.4, -0.2) is 21.8 Å². The molecule has 0 unspecified atom stereocenters. The number of anilines is 1. The molecule has 2 N–H and O–H groups in total. The molecule has 0 aliphatic rings. The van der Waals surface area contributed by atoms with Gasteiger partial charge < -0.3 is 10.6 Å². The number of hydrogen-bond acceptors (Lipinski definition) is 4. The lowest BCUT2D eigenvalue weighted by atomic mass is 10.1. The van der Waals surface area contributed by atoms with Crippen molar-refractivity contribution in [2.24, 2.45) is 0 Å². The van der Waals surface area contributed by atoms with Gasteiger partial charge in [-0.05, 0) is 35.9 Å². The molecule has 4 aromatic rings. The first-order chi connectivity index (χ1) is 15.6. The highest BCUT2D eigenvalue weighted by atomic mass is 19.1. The summed E-state index contributed by atoms with van der Waals surface area (Å²) in [5, 5.41) is 5.54. The van der Waals surface area contributed by atoms with E-state index in [1.807, 2.05) is 36.4 Å². The summed E-state index contributed by atoms with van der Waals surface area (Å²) in [6.45, 7) is 0.253. The van der Waals surface area contributed by atoms with E-state index in [2.05, 4.69) is 20.6 Å². The maximum Gasteiger partial charge on any atom is 0.255 e. The highest BCUT2D eigenvalue weighted by Gasteiger charge is 2.10. The molecule has 32 heavy (non-hydrogen) atoms. The highest BCUT2D eigenvalue weighted by molar-refractivity contribution is 6.04. The van der Waals surface area contributed by atoms with Crippen molar-refractivity contribution in [1.82, 2.24) is 15.3 Å². The maximum atomic E-state index is 13.3. The third kappa shape index (κ3) is 5.20. The van der Waals surface area contributed by atoms with Gasteiger partial charge in [0.1, 0.15) is 5.82 Å². The van der Waals surface area contributed by atoms with Gasteiger partial charge in [-0.25, -0.2) is 14.4 Å². The molecular weight excluding hydrogens is 407 g/mol. The van der Waals surface area contributed by atoms with Crippen molar-refractivity contribution in [2.45, 2.75) is 6.54 Å². The Balaban J connectivity index is 1.36. The van der Waals surface area contributed by atoms with Crippen LogP contribution in [0.25, 0.3) is 11.4 Å². The molecule has 3 aromatic carbocycles. The first-order valence-electron chi connectivity index (χ1n) is 9.90. The number of nitrogens with one attached hydrogen (secondary N) is 2. The molecule has 0 saturated carbocycles. The number of amides is 2.